The van der Waals surface area contributed by atoms with Crippen LogP contribution in [0.2, 0.25) is 0 Å². The Morgan fingerprint density at radius 1 is 1.15 bits per heavy atom. The van der Waals surface area contributed by atoms with Crippen LogP contribution in [0.15, 0.2) is 24.3 Å². The van der Waals surface area contributed by atoms with E-state index in [-0.39, 0.29) is 0 Å². The minimum atomic E-state index is 0.753. The summed E-state index contributed by atoms with van der Waals surface area (Å²) in [5.41, 5.74) is 8.38. The summed E-state index contributed by atoms with van der Waals surface area (Å²) in [4.78, 5) is 0. The van der Waals surface area contributed by atoms with Crippen molar-refractivity contribution in [3.63, 3.8) is 0 Å². The minimum absolute atomic E-state index is 0.753. The van der Waals surface area contributed by atoms with E-state index in [2.05, 4.69) is 24.3 Å². The quantitative estimate of drug-likeness (QED) is 0.750. The molecule has 1 aliphatic carbocycles. The van der Waals surface area contributed by atoms with Gasteiger partial charge in [-0.25, -0.2) is 0 Å². The molecule has 0 heterocycles. The van der Waals surface area contributed by atoms with Crippen LogP contribution in [0.25, 0.3) is 0 Å². The molecule has 1 fully saturated rings. The lowest BCUT2D eigenvalue weighted by Crippen LogP contribution is -2.08. The second-order valence-corrected chi connectivity index (χ2v) is 3.91. The van der Waals surface area contributed by atoms with Crippen LogP contribution in [-0.2, 0) is 6.42 Å². The van der Waals surface area contributed by atoms with Crippen LogP contribution in [-0.4, -0.2) is 6.54 Å². The van der Waals surface area contributed by atoms with Gasteiger partial charge >= 0.3 is 0 Å². The van der Waals surface area contributed by atoms with Crippen molar-refractivity contribution in [2.75, 3.05) is 6.54 Å². The third kappa shape index (κ3) is 1.92. The van der Waals surface area contributed by atoms with Crippen molar-refractivity contribution in [2.24, 2.45) is 5.73 Å². The maximum atomic E-state index is 5.50. The molecule has 0 unspecified atom stereocenters. The van der Waals surface area contributed by atoms with Gasteiger partial charge in [0.15, 0.2) is 0 Å². The summed E-state index contributed by atoms with van der Waals surface area (Å²) >= 11 is 0. The molecular weight excluding hydrogens is 158 g/mol. The largest absolute Gasteiger partial charge is 0.330 e. The molecule has 1 nitrogen and oxygen atoms in total. The second-order valence-electron chi connectivity index (χ2n) is 3.91. The molecule has 1 aromatic carbocycles. The van der Waals surface area contributed by atoms with Crippen LogP contribution in [0.5, 0.6) is 0 Å². The van der Waals surface area contributed by atoms with Crippen molar-refractivity contribution in [2.45, 2.75) is 31.6 Å². The summed E-state index contributed by atoms with van der Waals surface area (Å²) in [7, 11) is 0. The Bertz CT molecular complexity index is 259. The van der Waals surface area contributed by atoms with E-state index in [4.69, 9.17) is 5.73 Å². The predicted molar refractivity (Wildman–Crippen MR) is 55.8 cm³/mol. The van der Waals surface area contributed by atoms with Crippen molar-refractivity contribution in [1.29, 1.82) is 0 Å². The Morgan fingerprint density at radius 3 is 2.31 bits per heavy atom. The third-order valence-electron chi connectivity index (χ3n) is 2.99. The molecule has 70 valence electrons. The monoisotopic (exact) mass is 175 g/mol. The number of benzene rings is 1. The highest BCUT2D eigenvalue weighted by Crippen LogP contribution is 2.36. The maximum Gasteiger partial charge on any atom is -0.00367 e. The predicted octanol–water partition coefficient (Wildman–Crippen LogP) is 2.46. The highest BCUT2D eigenvalue weighted by molar-refractivity contribution is 5.26. The molecule has 13 heavy (non-hydrogen) atoms. The fraction of sp³-hybridized carbons (Fsp3) is 0.500. The molecule has 0 bridgehead atoms. The zero-order valence-corrected chi connectivity index (χ0v) is 8.00. The fourth-order valence-corrected chi connectivity index (χ4v) is 1.86. The molecule has 0 saturated heterocycles. The highest BCUT2D eigenvalue weighted by Gasteiger charge is 2.18. The summed E-state index contributed by atoms with van der Waals surface area (Å²) in [5, 5.41) is 0. The molecule has 2 rings (SSSR count). The van der Waals surface area contributed by atoms with Crippen LogP contribution in [0.4, 0.5) is 0 Å². The van der Waals surface area contributed by atoms with Gasteiger partial charge in [-0.05, 0) is 42.9 Å². The van der Waals surface area contributed by atoms with Gasteiger partial charge < -0.3 is 5.73 Å². The third-order valence-corrected chi connectivity index (χ3v) is 2.99. The van der Waals surface area contributed by atoms with Gasteiger partial charge in [0.25, 0.3) is 0 Å². The van der Waals surface area contributed by atoms with Crippen molar-refractivity contribution in [1.82, 2.24) is 0 Å². The normalized spacial score (nSPS) is 17.0. The average molecular weight is 175 g/mol. The molecule has 1 heteroatoms. The van der Waals surface area contributed by atoms with E-state index >= 15 is 0 Å². The maximum absolute atomic E-state index is 5.50. The van der Waals surface area contributed by atoms with Crippen LogP contribution >= 0.6 is 0 Å². The molecule has 0 radical (unpaired) electrons. The van der Waals surface area contributed by atoms with Gasteiger partial charge in [0, 0.05) is 0 Å². The van der Waals surface area contributed by atoms with Gasteiger partial charge in [-0.2, -0.15) is 0 Å². The minimum Gasteiger partial charge on any atom is -0.330 e. The Labute approximate surface area is 80.0 Å². The van der Waals surface area contributed by atoms with E-state index in [0.717, 1.165) is 18.9 Å². The summed E-state index contributed by atoms with van der Waals surface area (Å²) in [6.45, 7) is 0.753. The summed E-state index contributed by atoms with van der Waals surface area (Å²) in [5.74, 6) is 0.854. The standard InChI is InChI=1S/C12H17N/c13-9-8-10-4-6-12(7-5-10)11-2-1-3-11/h4-7,11H,1-3,8-9,13H2. The SMILES string of the molecule is NCCc1ccc(C2CCC2)cc1. The topological polar surface area (TPSA) is 26.0 Å². The van der Waals surface area contributed by atoms with Crippen LogP contribution in [0.3, 0.4) is 0 Å². The summed E-state index contributed by atoms with van der Waals surface area (Å²) < 4.78 is 0. The van der Waals surface area contributed by atoms with Crippen LogP contribution in [0.1, 0.15) is 36.3 Å². The van der Waals surface area contributed by atoms with E-state index in [9.17, 15) is 0 Å². The lowest BCUT2D eigenvalue weighted by molar-refractivity contribution is 0.419. The van der Waals surface area contributed by atoms with Crippen molar-refractivity contribution >= 4 is 0 Å². The van der Waals surface area contributed by atoms with Gasteiger partial charge in [-0.1, -0.05) is 30.7 Å². The van der Waals surface area contributed by atoms with E-state index in [1.165, 1.54) is 30.4 Å². The molecule has 1 aliphatic rings. The van der Waals surface area contributed by atoms with Crippen LogP contribution in [0, 0.1) is 0 Å². The second kappa shape index (κ2) is 3.93. The Balaban J connectivity index is 2.04. The first-order chi connectivity index (χ1) is 6.40. The van der Waals surface area contributed by atoms with Crippen molar-refractivity contribution < 1.29 is 0 Å². The van der Waals surface area contributed by atoms with Gasteiger partial charge in [-0.15, -0.1) is 0 Å². The Kier molecular flexibility index (Phi) is 2.65. The van der Waals surface area contributed by atoms with E-state index in [0.29, 0.717) is 0 Å². The van der Waals surface area contributed by atoms with E-state index in [1.54, 1.807) is 0 Å². The molecule has 0 spiro atoms. The fourth-order valence-electron chi connectivity index (χ4n) is 1.86. The first kappa shape index (κ1) is 8.76. The van der Waals surface area contributed by atoms with Gasteiger partial charge in [-0.3, -0.25) is 0 Å². The van der Waals surface area contributed by atoms with Crippen molar-refractivity contribution in [3.05, 3.63) is 35.4 Å². The smallest absolute Gasteiger partial charge is 0.00367 e. The molecule has 0 aliphatic heterocycles. The summed E-state index contributed by atoms with van der Waals surface area (Å²) in [6.07, 6.45) is 5.19. The lowest BCUT2D eigenvalue weighted by Gasteiger charge is -2.25. The molecule has 0 amide bonds. The number of hydrogen-bond donors (Lipinski definition) is 1. The zero-order chi connectivity index (χ0) is 9.10. The molecule has 0 atom stereocenters. The first-order valence-electron chi connectivity index (χ1n) is 5.19. The summed E-state index contributed by atoms with van der Waals surface area (Å²) in [6, 6.07) is 8.99. The molecular formula is C12H17N. The zero-order valence-electron chi connectivity index (χ0n) is 8.00. The Hall–Kier alpha value is -0.820. The van der Waals surface area contributed by atoms with Crippen molar-refractivity contribution in [3.8, 4) is 0 Å². The molecule has 0 aromatic heterocycles. The number of nitrogens with two attached hydrogens (primary N) is 1. The van der Waals surface area contributed by atoms with Crippen LogP contribution < -0.4 is 5.73 Å². The first-order valence-corrected chi connectivity index (χ1v) is 5.19. The van der Waals surface area contributed by atoms with E-state index < -0.39 is 0 Å². The van der Waals surface area contributed by atoms with Gasteiger partial charge in [0.05, 0.1) is 0 Å². The number of rotatable bonds is 3. The molecule has 1 aromatic rings. The average Bonchev–Trinajstić information content (AvgIpc) is 2.06. The lowest BCUT2D eigenvalue weighted by atomic mass is 9.80. The van der Waals surface area contributed by atoms with E-state index in [1.807, 2.05) is 0 Å². The molecule has 2 N–H and O–H groups in total. The van der Waals surface area contributed by atoms with Gasteiger partial charge in [0.1, 0.15) is 0 Å². The molecule has 1 saturated carbocycles. The van der Waals surface area contributed by atoms with Gasteiger partial charge in [0.2, 0.25) is 0 Å². The Morgan fingerprint density at radius 2 is 1.85 bits per heavy atom. The number of hydrogen-bond acceptors (Lipinski definition) is 1. The highest BCUT2D eigenvalue weighted by atomic mass is 14.5.